The number of carbonyl (C=O) groups excluding carboxylic acids is 1. The molecule has 1 N–H and O–H groups in total. The average molecular weight is 402 g/mol. The molecule has 1 amide bonds. The lowest BCUT2D eigenvalue weighted by molar-refractivity contribution is -0.117. The van der Waals surface area contributed by atoms with E-state index in [1.165, 1.54) is 24.0 Å². The molecule has 1 heterocycles. The molecule has 2 aromatic carbocycles. The molecule has 1 aliphatic heterocycles. The van der Waals surface area contributed by atoms with E-state index in [-0.39, 0.29) is 18.3 Å². The minimum atomic E-state index is 0. The number of aryl methyl sites for hydroxylation is 2. The molecule has 1 saturated heterocycles. The summed E-state index contributed by atoms with van der Waals surface area (Å²) in [7, 11) is 1.71. The highest BCUT2D eigenvalue weighted by atomic mass is 35.5. The van der Waals surface area contributed by atoms with Crippen LogP contribution in [0.15, 0.2) is 42.5 Å². The van der Waals surface area contributed by atoms with Crippen LogP contribution in [0.3, 0.4) is 0 Å². The van der Waals surface area contributed by atoms with Gasteiger partial charge in [0.2, 0.25) is 5.91 Å². The van der Waals surface area contributed by atoms with Gasteiger partial charge in [-0.2, -0.15) is 0 Å². The average Bonchev–Trinajstić information content (AvgIpc) is 3.16. The predicted molar refractivity (Wildman–Crippen MR) is 116 cm³/mol. The summed E-state index contributed by atoms with van der Waals surface area (Å²) in [6, 6.07) is 14.4. The van der Waals surface area contributed by atoms with E-state index in [0.29, 0.717) is 6.54 Å². The van der Waals surface area contributed by atoms with Gasteiger partial charge in [0, 0.05) is 31.9 Å². The summed E-state index contributed by atoms with van der Waals surface area (Å²) in [4.78, 5) is 17.0. The molecule has 0 saturated carbocycles. The minimum Gasteiger partial charge on any atom is -0.495 e. The molecule has 0 radical (unpaired) electrons. The fraction of sp³-hybridized carbons (Fsp3) is 0.409. The molecule has 2 aliphatic rings. The zero-order chi connectivity index (χ0) is 18.6. The van der Waals surface area contributed by atoms with E-state index in [1.54, 1.807) is 7.11 Å². The quantitative estimate of drug-likeness (QED) is 0.834. The Morgan fingerprint density at radius 3 is 2.57 bits per heavy atom. The van der Waals surface area contributed by atoms with Crippen LogP contribution in [0.1, 0.15) is 17.5 Å². The summed E-state index contributed by atoms with van der Waals surface area (Å²) >= 11 is 0. The van der Waals surface area contributed by atoms with Crippen molar-refractivity contribution in [3.05, 3.63) is 53.6 Å². The number of anilines is 2. The molecule has 2 aromatic rings. The number of rotatable bonds is 5. The number of nitrogens with zero attached hydrogens (tertiary/aromatic N) is 2. The largest absolute Gasteiger partial charge is 0.495 e. The number of carbonyl (C=O) groups is 1. The fourth-order valence-corrected chi connectivity index (χ4v) is 4.09. The highest BCUT2D eigenvalue weighted by molar-refractivity contribution is 5.92. The Morgan fingerprint density at radius 2 is 1.79 bits per heavy atom. The lowest BCUT2D eigenvalue weighted by Crippen LogP contribution is -2.48. The van der Waals surface area contributed by atoms with Gasteiger partial charge >= 0.3 is 0 Å². The second kappa shape index (κ2) is 9.30. The first-order valence-corrected chi connectivity index (χ1v) is 9.75. The van der Waals surface area contributed by atoms with E-state index in [1.807, 2.05) is 24.3 Å². The molecule has 6 heteroatoms. The number of hydrogen-bond donors (Lipinski definition) is 1. The normalized spacial score (nSPS) is 16.2. The molecule has 0 unspecified atom stereocenters. The summed E-state index contributed by atoms with van der Waals surface area (Å²) in [5.74, 6) is 0.971. The van der Waals surface area contributed by atoms with Crippen LogP contribution in [0, 0.1) is 0 Å². The zero-order valence-corrected chi connectivity index (χ0v) is 17.1. The van der Waals surface area contributed by atoms with Gasteiger partial charge in [-0.15, -0.1) is 12.4 Å². The van der Waals surface area contributed by atoms with Crippen LogP contribution in [0.5, 0.6) is 5.75 Å². The van der Waals surface area contributed by atoms with Gasteiger partial charge in [0.1, 0.15) is 5.75 Å². The maximum Gasteiger partial charge on any atom is 0.238 e. The van der Waals surface area contributed by atoms with Crippen molar-refractivity contribution in [1.82, 2.24) is 4.90 Å². The van der Waals surface area contributed by atoms with Crippen molar-refractivity contribution in [3.8, 4) is 5.75 Å². The first-order chi connectivity index (χ1) is 13.2. The van der Waals surface area contributed by atoms with Crippen LogP contribution in [-0.2, 0) is 17.6 Å². The van der Waals surface area contributed by atoms with Gasteiger partial charge in [-0.25, -0.2) is 0 Å². The molecule has 28 heavy (non-hydrogen) atoms. The molecule has 0 aromatic heterocycles. The van der Waals surface area contributed by atoms with E-state index >= 15 is 0 Å². The van der Waals surface area contributed by atoms with Crippen molar-refractivity contribution in [2.75, 3.05) is 50.1 Å². The maximum atomic E-state index is 12.4. The number of benzene rings is 2. The maximum absolute atomic E-state index is 12.4. The zero-order valence-electron chi connectivity index (χ0n) is 16.3. The number of amides is 1. The molecule has 150 valence electrons. The first kappa shape index (κ1) is 20.5. The summed E-state index contributed by atoms with van der Waals surface area (Å²) in [6.07, 6.45) is 3.52. The molecular weight excluding hydrogens is 374 g/mol. The predicted octanol–water partition coefficient (Wildman–Crippen LogP) is 3.37. The third kappa shape index (κ3) is 4.59. The van der Waals surface area contributed by atoms with E-state index in [2.05, 4.69) is 33.3 Å². The van der Waals surface area contributed by atoms with Crippen molar-refractivity contribution < 1.29 is 9.53 Å². The Balaban J connectivity index is 0.00000225. The molecule has 0 atom stereocenters. The second-order valence-corrected chi connectivity index (χ2v) is 7.32. The molecule has 4 rings (SSSR count). The smallest absolute Gasteiger partial charge is 0.238 e. The van der Waals surface area contributed by atoms with Gasteiger partial charge in [0.05, 0.1) is 19.3 Å². The van der Waals surface area contributed by atoms with Crippen molar-refractivity contribution in [3.63, 3.8) is 0 Å². The van der Waals surface area contributed by atoms with Crippen LogP contribution in [-0.4, -0.2) is 50.6 Å². The summed E-state index contributed by atoms with van der Waals surface area (Å²) in [5.41, 5.74) is 4.87. The number of nitrogens with one attached hydrogen (secondary N) is 1. The van der Waals surface area contributed by atoms with Gasteiger partial charge in [-0.3, -0.25) is 9.69 Å². The van der Waals surface area contributed by atoms with Crippen LogP contribution in [0.25, 0.3) is 0 Å². The molecule has 5 nitrogen and oxygen atoms in total. The van der Waals surface area contributed by atoms with E-state index < -0.39 is 0 Å². The molecule has 0 bridgehead atoms. The number of para-hydroxylation sites is 2. The van der Waals surface area contributed by atoms with Crippen LogP contribution >= 0.6 is 12.4 Å². The number of ether oxygens (including phenoxy) is 1. The molecule has 1 aliphatic carbocycles. The monoisotopic (exact) mass is 401 g/mol. The van der Waals surface area contributed by atoms with Crippen LogP contribution in [0.2, 0.25) is 0 Å². The third-order valence-corrected chi connectivity index (χ3v) is 5.55. The van der Waals surface area contributed by atoms with Gasteiger partial charge in [0.25, 0.3) is 0 Å². The number of fused-ring (bicyclic) bond motifs is 1. The number of hydrogen-bond acceptors (Lipinski definition) is 4. The molecule has 0 spiro atoms. The molecular formula is C22H28ClN3O2. The van der Waals surface area contributed by atoms with E-state index in [4.69, 9.17) is 4.74 Å². The Kier molecular flexibility index (Phi) is 6.81. The summed E-state index contributed by atoms with van der Waals surface area (Å²) in [6.45, 7) is 3.97. The lowest BCUT2D eigenvalue weighted by atomic mass is 10.1. The van der Waals surface area contributed by atoms with Crippen molar-refractivity contribution in [1.29, 1.82) is 0 Å². The van der Waals surface area contributed by atoms with Crippen molar-refractivity contribution >= 4 is 29.7 Å². The van der Waals surface area contributed by atoms with Crippen LogP contribution < -0.4 is 15.0 Å². The van der Waals surface area contributed by atoms with Crippen molar-refractivity contribution in [2.45, 2.75) is 19.3 Å². The lowest BCUT2D eigenvalue weighted by Gasteiger charge is -2.36. The van der Waals surface area contributed by atoms with Gasteiger partial charge < -0.3 is 15.0 Å². The highest BCUT2D eigenvalue weighted by Crippen LogP contribution is 2.28. The second-order valence-electron chi connectivity index (χ2n) is 7.32. The summed E-state index contributed by atoms with van der Waals surface area (Å²) in [5, 5.41) is 3.07. The van der Waals surface area contributed by atoms with E-state index in [0.717, 1.165) is 49.7 Å². The Labute approximate surface area is 173 Å². The third-order valence-electron chi connectivity index (χ3n) is 5.55. The Bertz CT molecular complexity index is 819. The minimum absolute atomic E-state index is 0. The summed E-state index contributed by atoms with van der Waals surface area (Å²) < 4.78 is 5.47. The fourth-order valence-electron chi connectivity index (χ4n) is 4.09. The number of piperazine rings is 1. The Morgan fingerprint density at radius 1 is 1.04 bits per heavy atom. The molecule has 1 fully saturated rings. The number of halogens is 1. The Hall–Kier alpha value is -2.24. The standard InChI is InChI=1S/C22H27N3O2.ClH/c1-27-21-8-3-2-7-20(21)25-13-11-24(12-14-25)16-22(26)23-19-10-9-17-5-4-6-18(17)15-19;/h2-3,7-10,15H,4-6,11-14,16H2,1H3,(H,23,26);1H. The first-order valence-electron chi connectivity index (χ1n) is 9.75. The van der Waals surface area contributed by atoms with Gasteiger partial charge in [0.15, 0.2) is 0 Å². The van der Waals surface area contributed by atoms with E-state index in [9.17, 15) is 4.79 Å². The van der Waals surface area contributed by atoms with Crippen LogP contribution in [0.4, 0.5) is 11.4 Å². The van der Waals surface area contributed by atoms with Gasteiger partial charge in [-0.05, 0) is 54.7 Å². The van der Waals surface area contributed by atoms with Crippen molar-refractivity contribution in [2.24, 2.45) is 0 Å². The highest BCUT2D eigenvalue weighted by Gasteiger charge is 2.21. The van der Waals surface area contributed by atoms with Gasteiger partial charge in [-0.1, -0.05) is 18.2 Å². The SMILES string of the molecule is COc1ccccc1N1CCN(CC(=O)Nc2ccc3c(c2)CCC3)CC1.Cl. The number of methoxy groups -OCH3 is 1. The topological polar surface area (TPSA) is 44.8 Å².